The van der Waals surface area contributed by atoms with Gasteiger partial charge in [-0.3, -0.25) is 4.79 Å². The van der Waals surface area contributed by atoms with Gasteiger partial charge in [0.2, 0.25) is 11.9 Å². The van der Waals surface area contributed by atoms with Gasteiger partial charge in [-0.1, -0.05) is 12.1 Å². The van der Waals surface area contributed by atoms with Crippen LogP contribution in [0.1, 0.15) is 24.1 Å². The van der Waals surface area contributed by atoms with Crippen LogP contribution < -0.4 is 15.0 Å². The smallest absolute Gasteiger partial charge is 0.448 e. The zero-order valence-corrected chi connectivity index (χ0v) is 21.1. The van der Waals surface area contributed by atoms with E-state index in [4.69, 9.17) is 14.7 Å². The maximum Gasteiger partial charge on any atom is 0.573 e. The van der Waals surface area contributed by atoms with Crippen molar-refractivity contribution in [3.8, 4) is 5.75 Å². The Balaban J connectivity index is 1.20. The van der Waals surface area contributed by atoms with Gasteiger partial charge in [0.15, 0.2) is 0 Å². The molecule has 3 heterocycles. The SMILES string of the molecule is Cc1nc(N2CCC(N3CCOC3=O)CC2)nc2ccc(NC(=O)/C=C/c3ccc(OC(F)(F)F)cc3)cc12. The number of fused-ring (bicyclic) bond motifs is 1. The van der Waals surface area contributed by atoms with E-state index < -0.39 is 12.3 Å². The van der Waals surface area contributed by atoms with Crippen molar-refractivity contribution in [3.63, 3.8) is 0 Å². The number of halogens is 3. The number of benzene rings is 2. The Kier molecular flexibility index (Phi) is 7.27. The van der Waals surface area contributed by atoms with Crippen LogP contribution in [0.4, 0.5) is 29.6 Å². The van der Waals surface area contributed by atoms with Crippen molar-refractivity contribution in [2.75, 3.05) is 36.5 Å². The third kappa shape index (κ3) is 6.39. The van der Waals surface area contributed by atoms with Crippen molar-refractivity contribution in [2.45, 2.75) is 32.2 Å². The first-order valence-electron chi connectivity index (χ1n) is 12.5. The van der Waals surface area contributed by atoms with Gasteiger partial charge in [-0.15, -0.1) is 13.2 Å². The molecule has 2 amide bonds. The molecule has 204 valence electrons. The first-order chi connectivity index (χ1) is 18.6. The Bertz CT molecular complexity index is 1400. The normalized spacial score (nSPS) is 16.7. The summed E-state index contributed by atoms with van der Waals surface area (Å²) in [5, 5.41) is 3.58. The fourth-order valence-electron chi connectivity index (χ4n) is 4.74. The number of hydrogen-bond donors (Lipinski definition) is 1. The van der Waals surface area contributed by atoms with Crippen molar-refractivity contribution in [1.82, 2.24) is 14.9 Å². The molecule has 0 bridgehead atoms. The van der Waals surface area contributed by atoms with E-state index in [2.05, 4.69) is 15.0 Å². The number of carbonyl (C=O) groups excluding carboxylic acids is 2. The minimum absolute atomic E-state index is 0.167. The number of nitrogens with one attached hydrogen (secondary N) is 1. The number of anilines is 2. The molecule has 0 radical (unpaired) electrons. The lowest BCUT2D eigenvalue weighted by Crippen LogP contribution is -2.45. The molecule has 0 aliphatic carbocycles. The Labute approximate surface area is 222 Å². The molecule has 2 saturated heterocycles. The van der Waals surface area contributed by atoms with Crippen LogP contribution in [-0.2, 0) is 9.53 Å². The number of cyclic esters (lactones) is 1. The van der Waals surface area contributed by atoms with Gasteiger partial charge < -0.3 is 24.6 Å². The third-order valence-corrected chi connectivity index (χ3v) is 6.66. The van der Waals surface area contributed by atoms with Crippen LogP contribution >= 0.6 is 0 Å². The standard InChI is InChI=1S/C27H26F3N5O4/c1-17-22-16-19(32-24(36)9-4-18-2-6-21(7-3-18)39-27(28,29)30)5-8-23(22)33-25(31-17)34-12-10-20(11-13-34)35-14-15-38-26(35)37/h2-9,16,20H,10-15H2,1H3,(H,32,36)/b9-4+. The highest BCUT2D eigenvalue weighted by Crippen LogP contribution is 2.27. The topological polar surface area (TPSA) is 96.9 Å². The monoisotopic (exact) mass is 541 g/mol. The van der Waals surface area contributed by atoms with E-state index in [9.17, 15) is 22.8 Å². The molecule has 3 aromatic rings. The van der Waals surface area contributed by atoms with Crippen LogP contribution in [0.3, 0.4) is 0 Å². The quantitative estimate of drug-likeness (QED) is 0.443. The zero-order chi connectivity index (χ0) is 27.6. The fraction of sp³-hybridized carbons (Fsp3) is 0.333. The average Bonchev–Trinajstić information content (AvgIpc) is 3.33. The molecule has 2 fully saturated rings. The molecule has 0 spiro atoms. The fourth-order valence-corrected chi connectivity index (χ4v) is 4.74. The minimum Gasteiger partial charge on any atom is -0.448 e. The maximum absolute atomic E-state index is 12.4. The second kappa shape index (κ2) is 10.8. The third-order valence-electron chi connectivity index (χ3n) is 6.66. The number of hydrogen-bond acceptors (Lipinski definition) is 7. The lowest BCUT2D eigenvalue weighted by Gasteiger charge is -2.35. The number of amides is 2. The minimum atomic E-state index is -4.76. The second-order valence-corrected chi connectivity index (χ2v) is 9.31. The Morgan fingerprint density at radius 3 is 2.51 bits per heavy atom. The number of aryl methyl sites for hydroxylation is 1. The summed E-state index contributed by atoms with van der Waals surface area (Å²) in [5.41, 5.74) is 2.62. The number of piperidine rings is 1. The van der Waals surface area contributed by atoms with Crippen LogP contribution in [0.25, 0.3) is 17.0 Å². The molecule has 0 saturated carbocycles. The van der Waals surface area contributed by atoms with Crippen LogP contribution in [0.15, 0.2) is 48.5 Å². The van der Waals surface area contributed by atoms with Crippen molar-refractivity contribution >= 4 is 40.6 Å². The van der Waals surface area contributed by atoms with Crippen LogP contribution in [0.5, 0.6) is 5.75 Å². The van der Waals surface area contributed by atoms with Gasteiger partial charge in [0.25, 0.3) is 0 Å². The van der Waals surface area contributed by atoms with E-state index in [-0.39, 0.29) is 17.9 Å². The predicted molar refractivity (Wildman–Crippen MR) is 138 cm³/mol. The van der Waals surface area contributed by atoms with Gasteiger partial charge in [-0.25, -0.2) is 14.8 Å². The highest BCUT2D eigenvalue weighted by atomic mass is 19.4. The van der Waals surface area contributed by atoms with Gasteiger partial charge in [0.05, 0.1) is 17.8 Å². The van der Waals surface area contributed by atoms with Crippen molar-refractivity contribution < 1.29 is 32.2 Å². The van der Waals surface area contributed by atoms with Crippen molar-refractivity contribution in [2.24, 2.45) is 0 Å². The summed E-state index contributed by atoms with van der Waals surface area (Å²) < 4.78 is 45.8. The summed E-state index contributed by atoms with van der Waals surface area (Å²) in [5.74, 6) is -0.0992. The van der Waals surface area contributed by atoms with E-state index in [0.29, 0.717) is 30.4 Å². The summed E-state index contributed by atoms with van der Waals surface area (Å²) in [4.78, 5) is 37.6. The zero-order valence-electron chi connectivity index (χ0n) is 21.1. The number of ether oxygens (including phenoxy) is 2. The summed E-state index contributed by atoms with van der Waals surface area (Å²) in [7, 11) is 0. The Hall–Kier alpha value is -4.35. The first-order valence-corrected chi connectivity index (χ1v) is 12.5. The largest absolute Gasteiger partial charge is 0.573 e. The molecule has 1 N–H and O–H groups in total. The highest BCUT2D eigenvalue weighted by Gasteiger charge is 2.33. The second-order valence-electron chi connectivity index (χ2n) is 9.31. The highest BCUT2D eigenvalue weighted by molar-refractivity contribution is 6.03. The molecule has 0 unspecified atom stereocenters. The van der Waals surface area contributed by atoms with Gasteiger partial charge >= 0.3 is 12.5 Å². The number of rotatable bonds is 6. The van der Waals surface area contributed by atoms with E-state index in [1.54, 1.807) is 17.0 Å². The van der Waals surface area contributed by atoms with Crippen LogP contribution in [0, 0.1) is 6.92 Å². The lowest BCUT2D eigenvalue weighted by atomic mass is 10.0. The molecule has 5 rings (SSSR count). The molecule has 9 nitrogen and oxygen atoms in total. The predicted octanol–water partition coefficient (Wildman–Crippen LogP) is 4.91. The molecule has 2 aliphatic rings. The van der Waals surface area contributed by atoms with Crippen LogP contribution in [-0.4, -0.2) is 65.5 Å². The molecule has 39 heavy (non-hydrogen) atoms. The van der Waals surface area contributed by atoms with Crippen molar-refractivity contribution in [1.29, 1.82) is 0 Å². The van der Waals surface area contributed by atoms with Gasteiger partial charge in [-0.2, -0.15) is 0 Å². The average molecular weight is 542 g/mol. The Morgan fingerprint density at radius 1 is 1.10 bits per heavy atom. The summed E-state index contributed by atoms with van der Waals surface area (Å²) >= 11 is 0. The molecule has 2 aliphatic heterocycles. The first kappa shape index (κ1) is 26.3. The van der Waals surface area contributed by atoms with Gasteiger partial charge in [0, 0.05) is 36.3 Å². The van der Waals surface area contributed by atoms with E-state index in [1.807, 2.05) is 13.0 Å². The van der Waals surface area contributed by atoms with E-state index >= 15 is 0 Å². The number of nitrogens with zero attached hydrogens (tertiary/aromatic N) is 4. The van der Waals surface area contributed by atoms with Gasteiger partial charge in [-0.05, 0) is 61.7 Å². The van der Waals surface area contributed by atoms with Crippen LogP contribution in [0.2, 0.25) is 0 Å². The molecule has 0 atom stereocenters. The summed E-state index contributed by atoms with van der Waals surface area (Å²) in [6.45, 7) is 4.44. The van der Waals surface area contributed by atoms with E-state index in [1.165, 1.54) is 36.4 Å². The van der Waals surface area contributed by atoms with E-state index in [0.717, 1.165) is 42.5 Å². The number of aromatic nitrogens is 2. The molecule has 12 heteroatoms. The lowest BCUT2D eigenvalue weighted by molar-refractivity contribution is -0.274. The molecule has 2 aromatic carbocycles. The Morgan fingerprint density at radius 2 is 1.85 bits per heavy atom. The summed E-state index contributed by atoms with van der Waals surface area (Å²) in [6, 6.07) is 10.7. The maximum atomic E-state index is 12.4. The summed E-state index contributed by atoms with van der Waals surface area (Å²) in [6.07, 6.45) is -0.575. The molecular weight excluding hydrogens is 515 g/mol. The molecule has 1 aromatic heterocycles. The van der Waals surface area contributed by atoms with Gasteiger partial charge in [0.1, 0.15) is 12.4 Å². The van der Waals surface area contributed by atoms with Crippen molar-refractivity contribution in [3.05, 3.63) is 59.8 Å². The number of alkyl halides is 3. The number of carbonyl (C=O) groups is 2. The molecular formula is C27H26F3N5O4.